The zero-order chi connectivity index (χ0) is 18.5. The highest BCUT2D eigenvalue weighted by Crippen LogP contribution is 2.38. The number of ether oxygens (including phenoxy) is 1. The number of fused-ring (bicyclic) bond motifs is 1. The first-order chi connectivity index (χ1) is 12.6. The molecule has 4 nitrogen and oxygen atoms in total. The van der Waals surface area contributed by atoms with Crippen LogP contribution in [0.2, 0.25) is 5.02 Å². The molecule has 0 saturated carbocycles. The molecular weight excluding hydrogens is 368 g/mol. The Morgan fingerprint density at radius 1 is 1.23 bits per heavy atom. The van der Waals surface area contributed by atoms with Crippen LogP contribution in [0.3, 0.4) is 0 Å². The fraction of sp³-hybridized carbons (Fsp3) is 0.300. The maximum Gasteiger partial charge on any atom is 0.308 e. The smallest absolute Gasteiger partial charge is 0.308 e. The summed E-state index contributed by atoms with van der Waals surface area (Å²) >= 11 is 11.6. The van der Waals surface area contributed by atoms with E-state index in [0.717, 1.165) is 29.8 Å². The van der Waals surface area contributed by atoms with Gasteiger partial charge in [-0.2, -0.15) is 0 Å². The highest BCUT2D eigenvalue weighted by Gasteiger charge is 2.33. The Labute approximate surface area is 164 Å². The van der Waals surface area contributed by atoms with Crippen molar-refractivity contribution in [2.24, 2.45) is 0 Å². The topological polar surface area (TPSA) is 41.6 Å². The van der Waals surface area contributed by atoms with E-state index in [1.54, 1.807) is 0 Å². The number of halogens is 1. The lowest BCUT2D eigenvalue weighted by atomic mass is 9.97. The molecule has 0 bridgehead atoms. The number of benzene rings is 2. The Hall–Kier alpha value is -2.11. The van der Waals surface area contributed by atoms with Gasteiger partial charge in [0.1, 0.15) is 0 Å². The first kappa shape index (κ1) is 18.7. The Morgan fingerprint density at radius 3 is 2.69 bits per heavy atom. The molecule has 2 aromatic carbocycles. The molecule has 0 fully saturated rings. The molecule has 136 valence electrons. The number of anilines is 2. The van der Waals surface area contributed by atoms with Gasteiger partial charge in [0.25, 0.3) is 0 Å². The van der Waals surface area contributed by atoms with Crippen LogP contribution in [0, 0.1) is 0 Å². The van der Waals surface area contributed by atoms with Crippen molar-refractivity contribution in [3.05, 3.63) is 59.1 Å². The second-order valence-corrected chi connectivity index (χ2v) is 6.98. The van der Waals surface area contributed by atoms with Crippen molar-refractivity contribution in [1.29, 1.82) is 0 Å². The van der Waals surface area contributed by atoms with Gasteiger partial charge in [0.2, 0.25) is 0 Å². The minimum Gasteiger partial charge on any atom is -0.466 e. The summed E-state index contributed by atoms with van der Waals surface area (Å²) in [6, 6.07) is 15.1. The minimum atomic E-state index is -0.227. The summed E-state index contributed by atoms with van der Waals surface area (Å²) in [5.41, 5.74) is 2.82. The average Bonchev–Trinajstić information content (AvgIpc) is 2.63. The van der Waals surface area contributed by atoms with Crippen LogP contribution in [-0.4, -0.2) is 17.7 Å². The molecular formula is C20H21ClN2O2S. The quantitative estimate of drug-likeness (QED) is 0.411. The summed E-state index contributed by atoms with van der Waals surface area (Å²) in [4.78, 5) is 14.4. The normalized spacial score (nSPS) is 16.0. The Bertz CT molecular complexity index is 795. The van der Waals surface area contributed by atoms with Crippen molar-refractivity contribution in [2.75, 3.05) is 16.8 Å². The van der Waals surface area contributed by atoms with E-state index in [1.165, 1.54) is 0 Å². The van der Waals surface area contributed by atoms with Crippen molar-refractivity contribution < 1.29 is 9.53 Å². The Morgan fingerprint density at radius 2 is 1.96 bits per heavy atom. The number of carbonyl (C=O) groups excluding carboxylic acids is 1. The number of nitrogens with zero attached hydrogens (tertiary/aromatic N) is 1. The molecule has 1 aliphatic rings. The predicted molar refractivity (Wildman–Crippen MR) is 110 cm³/mol. The van der Waals surface area contributed by atoms with Gasteiger partial charge in [-0.3, -0.25) is 4.79 Å². The lowest BCUT2D eigenvalue weighted by molar-refractivity contribution is -0.144. The van der Waals surface area contributed by atoms with Gasteiger partial charge in [-0.1, -0.05) is 43.1 Å². The third-order valence-electron chi connectivity index (χ3n) is 4.32. The maximum absolute atomic E-state index is 12.4. The number of nitrogens with one attached hydrogen (secondary N) is 1. The number of hydrogen-bond acceptors (Lipinski definition) is 3. The van der Waals surface area contributed by atoms with Crippen molar-refractivity contribution in [3.8, 4) is 0 Å². The van der Waals surface area contributed by atoms with Crippen LogP contribution in [0.15, 0.2) is 48.5 Å². The molecule has 1 N–H and O–H groups in total. The molecule has 3 rings (SSSR count). The van der Waals surface area contributed by atoms with Crippen molar-refractivity contribution >= 4 is 46.3 Å². The van der Waals surface area contributed by atoms with E-state index in [-0.39, 0.29) is 18.4 Å². The summed E-state index contributed by atoms with van der Waals surface area (Å²) in [5, 5.41) is 4.46. The number of para-hydroxylation sites is 1. The zero-order valence-corrected chi connectivity index (χ0v) is 16.1. The van der Waals surface area contributed by atoms with Gasteiger partial charge in [-0.05, 0) is 54.5 Å². The standard InChI is InChI=1S/C20H21ClN2O2S/c1-2-3-12-25-19(24)13-18-16-6-4-5-7-17(16)22-20(26)23(18)15-10-8-14(21)9-11-15/h4-11,18H,2-3,12-13H2,1H3,(H,22,26). The third kappa shape index (κ3) is 4.17. The number of unbranched alkanes of at least 4 members (excludes halogenated alkanes) is 1. The van der Waals surface area contributed by atoms with E-state index in [1.807, 2.05) is 53.4 Å². The van der Waals surface area contributed by atoms with Crippen molar-refractivity contribution in [2.45, 2.75) is 32.2 Å². The highest BCUT2D eigenvalue weighted by atomic mass is 35.5. The lowest BCUT2D eigenvalue weighted by Crippen LogP contribution is -2.43. The molecule has 1 heterocycles. The fourth-order valence-corrected chi connectivity index (χ4v) is 3.47. The molecule has 0 aliphatic carbocycles. The largest absolute Gasteiger partial charge is 0.466 e. The van der Waals surface area contributed by atoms with Crippen LogP contribution >= 0.6 is 23.8 Å². The maximum atomic E-state index is 12.4. The fourth-order valence-electron chi connectivity index (χ4n) is 3.00. The molecule has 0 amide bonds. The van der Waals surface area contributed by atoms with Gasteiger partial charge in [-0.25, -0.2) is 0 Å². The van der Waals surface area contributed by atoms with Crippen LogP contribution in [0.4, 0.5) is 11.4 Å². The highest BCUT2D eigenvalue weighted by molar-refractivity contribution is 7.80. The zero-order valence-electron chi connectivity index (χ0n) is 14.6. The van der Waals surface area contributed by atoms with Gasteiger partial charge in [0.15, 0.2) is 5.11 Å². The molecule has 0 aromatic heterocycles. The summed E-state index contributed by atoms with van der Waals surface area (Å²) in [6.07, 6.45) is 2.09. The van der Waals surface area contributed by atoms with E-state index >= 15 is 0 Å². The minimum absolute atomic E-state index is 0.220. The van der Waals surface area contributed by atoms with E-state index < -0.39 is 0 Å². The van der Waals surface area contributed by atoms with Gasteiger partial charge < -0.3 is 15.0 Å². The number of rotatable bonds is 6. The molecule has 1 atom stereocenters. The molecule has 2 aromatic rings. The second kappa shape index (κ2) is 8.52. The number of hydrogen-bond donors (Lipinski definition) is 1. The first-order valence-electron chi connectivity index (χ1n) is 8.70. The van der Waals surface area contributed by atoms with Gasteiger partial charge >= 0.3 is 5.97 Å². The molecule has 0 saturated heterocycles. The van der Waals surface area contributed by atoms with Gasteiger partial charge in [0.05, 0.1) is 19.1 Å². The second-order valence-electron chi connectivity index (χ2n) is 6.16. The molecule has 1 unspecified atom stereocenters. The summed E-state index contributed by atoms with van der Waals surface area (Å²) in [6.45, 7) is 2.52. The van der Waals surface area contributed by atoms with E-state index in [2.05, 4.69) is 12.2 Å². The summed E-state index contributed by atoms with van der Waals surface area (Å²) in [5.74, 6) is -0.220. The molecule has 26 heavy (non-hydrogen) atoms. The Kier molecular flexibility index (Phi) is 6.12. The molecule has 0 radical (unpaired) electrons. The summed E-state index contributed by atoms with van der Waals surface area (Å²) < 4.78 is 5.39. The predicted octanol–water partition coefficient (Wildman–Crippen LogP) is 5.33. The summed E-state index contributed by atoms with van der Waals surface area (Å²) in [7, 11) is 0. The van der Waals surface area contributed by atoms with E-state index in [0.29, 0.717) is 16.7 Å². The number of carbonyl (C=O) groups is 1. The van der Waals surface area contributed by atoms with E-state index in [9.17, 15) is 4.79 Å². The van der Waals surface area contributed by atoms with Crippen LogP contribution in [0.1, 0.15) is 37.8 Å². The average molecular weight is 389 g/mol. The van der Waals surface area contributed by atoms with Gasteiger partial charge in [-0.15, -0.1) is 0 Å². The first-order valence-corrected chi connectivity index (χ1v) is 9.49. The molecule has 0 spiro atoms. The molecule has 1 aliphatic heterocycles. The SMILES string of the molecule is CCCCOC(=O)CC1c2ccccc2NC(=S)N1c1ccc(Cl)cc1. The van der Waals surface area contributed by atoms with Crippen molar-refractivity contribution in [3.63, 3.8) is 0 Å². The monoisotopic (exact) mass is 388 g/mol. The van der Waals surface area contributed by atoms with Crippen LogP contribution in [0.5, 0.6) is 0 Å². The van der Waals surface area contributed by atoms with Crippen LogP contribution in [0.25, 0.3) is 0 Å². The number of esters is 1. The number of thiocarbonyl (C=S) groups is 1. The third-order valence-corrected chi connectivity index (χ3v) is 4.87. The lowest BCUT2D eigenvalue weighted by Gasteiger charge is -2.39. The van der Waals surface area contributed by atoms with Gasteiger partial charge in [0, 0.05) is 16.4 Å². The van der Waals surface area contributed by atoms with Crippen LogP contribution in [-0.2, 0) is 9.53 Å². The van der Waals surface area contributed by atoms with E-state index in [4.69, 9.17) is 28.6 Å². The van der Waals surface area contributed by atoms with Crippen LogP contribution < -0.4 is 10.2 Å². The Balaban J connectivity index is 1.91. The molecule has 6 heteroatoms. The van der Waals surface area contributed by atoms with Crippen molar-refractivity contribution in [1.82, 2.24) is 0 Å².